The smallest absolute Gasteiger partial charge is 0.323 e. The summed E-state index contributed by atoms with van der Waals surface area (Å²) in [7, 11) is 3.78. The molecule has 1 heterocycles. The molecule has 2 aromatic carbocycles. The Hall–Kier alpha value is -3.06. The molecule has 3 aromatic rings. The number of allylic oxidation sites excluding steroid dienone is 1. The van der Waals surface area contributed by atoms with Gasteiger partial charge in [0.1, 0.15) is 5.58 Å². The predicted molar refractivity (Wildman–Crippen MR) is 128 cm³/mol. The summed E-state index contributed by atoms with van der Waals surface area (Å²) in [6.07, 6.45) is 2.84. The number of benzene rings is 2. The number of carbonyl (C=O) groups is 1. The minimum atomic E-state index is -0.331. The van der Waals surface area contributed by atoms with Gasteiger partial charge in [-0.2, -0.15) is 0 Å². The molecule has 0 aliphatic rings. The zero-order valence-electron chi connectivity index (χ0n) is 17.4. The van der Waals surface area contributed by atoms with Gasteiger partial charge in [0, 0.05) is 42.6 Å². The van der Waals surface area contributed by atoms with E-state index in [1.807, 2.05) is 61.5 Å². The number of halogens is 1. The Morgan fingerprint density at radius 3 is 2.37 bits per heavy atom. The van der Waals surface area contributed by atoms with E-state index in [0.717, 1.165) is 22.3 Å². The van der Waals surface area contributed by atoms with E-state index in [4.69, 9.17) is 9.83 Å². The number of hydrogen-bond acceptors (Lipinski definition) is 4. The van der Waals surface area contributed by atoms with Gasteiger partial charge in [0.2, 0.25) is 0 Å². The lowest BCUT2D eigenvalue weighted by atomic mass is 10.0. The molecule has 0 aliphatic heterocycles. The van der Waals surface area contributed by atoms with Crippen molar-refractivity contribution in [2.75, 3.05) is 24.7 Å². The summed E-state index contributed by atoms with van der Waals surface area (Å²) in [5.74, 6) is 0.437. The zero-order chi connectivity index (χ0) is 21.8. The lowest BCUT2D eigenvalue weighted by Crippen LogP contribution is -2.19. The molecule has 3 N–H and O–H groups in total. The summed E-state index contributed by atoms with van der Waals surface area (Å²) in [6, 6.07) is 13.0. The molecule has 0 bridgehead atoms. The van der Waals surface area contributed by atoms with E-state index in [-0.39, 0.29) is 6.03 Å². The van der Waals surface area contributed by atoms with Gasteiger partial charge >= 0.3 is 6.03 Å². The Labute approximate surface area is 184 Å². The first-order chi connectivity index (χ1) is 14.3. The number of nitrogens with zero attached hydrogens (tertiary/aromatic N) is 1. The van der Waals surface area contributed by atoms with Crippen LogP contribution in [0.3, 0.4) is 0 Å². The van der Waals surface area contributed by atoms with Crippen molar-refractivity contribution < 1.29 is 9.21 Å². The van der Waals surface area contributed by atoms with Crippen molar-refractivity contribution in [2.24, 2.45) is 0 Å². The fourth-order valence-electron chi connectivity index (χ4n) is 3.23. The normalized spacial score (nSPS) is 11.9. The van der Waals surface area contributed by atoms with Gasteiger partial charge in [-0.1, -0.05) is 26.0 Å². The van der Waals surface area contributed by atoms with Crippen LogP contribution in [0.25, 0.3) is 16.7 Å². The lowest BCUT2D eigenvalue weighted by Gasteiger charge is -2.20. The molecule has 0 aliphatic carbocycles. The van der Waals surface area contributed by atoms with E-state index in [1.165, 1.54) is 11.8 Å². The molecular weight excluding hydrogens is 444 g/mol. The summed E-state index contributed by atoms with van der Waals surface area (Å²) in [5.41, 5.74) is 4.80. The molecule has 1 aromatic heterocycles. The topological polar surface area (TPSA) is 81.4 Å². The maximum absolute atomic E-state index is 12.6. The second-order valence-electron chi connectivity index (χ2n) is 7.45. The van der Waals surface area contributed by atoms with E-state index in [0.29, 0.717) is 21.7 Å². The molecule has 0 saturated carbocycles. The van der Waals surface area contributed by atoms with Crippen LogP contribution in [0.2, 0.25) is 0 Å². The van der Waals surface area contributed by atoms with E-state index < -0.39 is 0 Å². The van der Waals surface area contributed by atoms with Gasteiger partial charge in [-0.05, 0) is 57.7 Å². The maximum Gasteiger partial charge on any atom is 0.323 e. The van der Waals surface area contributed by atoms with Crippen molar-refractivity contribution in [2.45, 2.75) is 19.8 Å². The Kier molecular flexibility index (Phi) is 6.62. The van der Waals surface area contributed by atoms with Gasteiger partial charge in [0.05, 0.1) is 16.4 Å². The third-order valence-electron chi connectivity index (χ3n) is 4.70. The molecule has 0 radical (unpaired) electrons. The fraction of sp³-hybridized carbons (Fsp3) is 0.217. The number of nitrogens with one attached hydrogen (secondary N) is 3. The molecule has 0 atom stereocenters. The summed E-state index contributed by atoms with van der Waals surface area (Å²) >= 11 is 3.44. The van der Waals surface area contributed by atoms with Crippen LogP contribution in [0.5, 0.6) is 0 Å². The molecule has 6 nitrogen and oxygen atoms in total. The SMILES string of the molecule is CC(C)c1ccc(NC(=O)Nc2cc(/C(=C(\Br)C=N)N(C)C)c3occc3c2)cc1. The standard InChI is InChI=1S/C23H25BrN4O2/c1-14(2)15-5-7-17(8-6-15)26-23(29)27-18-11-16-9-10-30-22(16)19(12-18)21(28(3)4)20(24)13-25/h5-14,25H,1-4H3,(H2,26,27,29)/b21-20+,25-13?. The van der Waals surface area contributed by atoms with Crippen LogP contribution >= 0.6 is 15.9 Å². The largest absolute Gasteiger partial charge is 0.464 e. The molecule has 0 unspecified atom stereocenters. The van der Waals surface area contributed by atoms with Crippen molar-refractivity contribution in [3.8, 4) is 0 Å². The number of hydrogen-bond donors (Lipinski definition) is 3. The van der Waals surface area contributed by atoms with Crippen LogP contribution in [0.15, 0.2) is 57.6 Å². The lowest BCUT2D eigenvalue weighted by molar-refractivity contribution is 0.262. The van der Waals surface area contributed by atoms with Crippen LogP contribution in [-0.4, -0.2) is 31.2 Å². The van der Waals surface area contributed by atoms with Crippen LogP contribution in [0.4, 0.5) is 16.2 Å². The molecule has 30 heavy (non-hydrogen) atoms. The maximum atomic E-state index is 12.6. The molecule has 7 heteroatoms. The quantitative estimate of drug-likeness (QED) is 0.362. The molecule has 2 amide bonds. The van der Waals surface area contributed by atoms with Crippen LogP contribution < -0.4 is 10.6 Å². The highest BCUT2D eigenvalue weighted by Crippen LogP contribution is 2.33. The number of fused-ring (bicyclic) bond motifs is 1. The van der Waals surface area contributed by atoms with E-state index in [9.17, 15) is 4.79 Å². The first kappa shape index (κ1) is 21.6. The molecule has 0 fully saturated rings. The summed E-state index contributed by atoms with van der Waals surface area (Å²) in [6.45, 7) is 4.26. The van der Waals surface area contributed by atoms with Crippen molar-refractivity contribution >= 4 is 56.2 Å². The van der Waals surface area contributed by atoms with Crippen LogP contribution in [0.1, 0.15) is 30.9 Å². The van der Waals surface area contributed by atoms with Crippen molar-refractivity contribution in [1.29, 1.82) is 5.41 Å². The second kappa shape index (κ2) is 9.17. The second-order valence-corrected chi connectivity index (χ2v) is 8.31. The van der Waals surface area contributed by atoms with Crippen molar-refractivity contribution in [3.63, 3.8) is 0 Å². The van der Waals surface area contributed by atoms with Crippen LogP contribution in [-0.2, 0) is 0 Å². The first-order valence-corrected chi connectivity index (χ1v) is 10.4. The third-order valence-corrected chi connectivity index (χ3v) is 5.30. The molecule has 156 valence electrons. The highest BCUT2D eigenvalue weighted by molar-refractivity contribution is 9.12. The number of anilines is 2. The highest BCUT2D eigenvalue weighted by atomic mass is 79.9. The molecule has 0 saturated heterocycles. The summed E-state index contributed by atoms with van der Waals surface area (Å²) < 4.78 is 6.28. The van der Waals surface area contributed by atoms with E-state index in [2.05, 4.69) is 40.4 Å². The minimum Gasteiger partial charge on any atom is -0.464 e. The molecule has 3 rings (SSSR count). The number of carbonyl (C=O) groups excluding carboxylic acids is 1. The van der Waals surface area contributed by atoms with Crippen molar-refractivity contribution in [3.05, 3.63) is 64.3 Å². The number of urea groups is 1. The number of furan rings is 1. The third kappa shape index (κ3) is 4.74. The Balaban J connectivity index is 1.89. The first-order valence-electron chi connectivity index (χ1n) is 9.57. The fourth-order valence-corrected chi connectivity index (χ4v) is 3.79. The van der Waals surface area contributed by atoms with Gasteiger partial charge < -0.3 is 25.4 Å². The monoisotopic (exact) mass is 468 g/mol. The van der Waals surface area contributed by atoms with Gasteiger partial charge in [0.15, 0.2) is 0 Å². The summed E-state index contributed by atoms with van der Waals surface area (Å²) in [5, 5.41) is 14.2. The zero-order valence-corrected chi connectivity index (χ0v) is 19.0. The van der Waals surface area contributed by atoms with Crippen molar-refractivity contribution in [1.82, 2.24) is 4.90 Å². The average Bonchev–Trinajstić information content (AvgIpc) is 3.16. The van der Waals surface area contributed by atoms with Gasteiger partial charge in [-0.15, -0.1) is 0 Å². The minimum absolute atomic E-state index is 0.331. The van der Waals surface area contributed by atoms with E-state index in [1.54, 1.807) is 6.26 Å². The highest BCUT2D eigenvalue weighted by Gasteiger charge is 2.17. The summed E-state index contributed by atoms with van der Waals surface area (Å²) in [4.78, 5) is 14.5. The Bertz CT molecular complexity index is 1100. The number of amides is 2. The number of rotatable bonds is 6. The molecule has 0 spiro atoms. The van der Waals surface area contributed by atoms with E-state index >= 15 is 0 Å². The van der Waals surface area contributed by atoms with Gasteiger partial charge in [-0.3, -0.25) is 0 Å². The van der Waals surface area contributed by atoms with Crippen LogP contribution in [0, 0.1) is 5.41 Å². The average molecular weight is 469 g/mol. The predicted octanol–water partition coefficient (Wildman–Crippen LogP) is 6.47. The Morgan fingerprint density at radius 1 is 1.10 bits per heavy atom. The van der Waals surface area contributed by atoms with Gasteiger partial charge in [0.25, 0.3) is 0 Å². The van der Waals surface area contributed by atoms with Gasteiger partial charge in [-0.25, -0.2) is 4.79 Å². The molecular formula is C23H25BrN4O2. The Morgan fingerprint density at radius 2 is 1.77 bits per heavy atom.